The largest absolute Gasteiger partial charge is 0.302 e. The molecule has 4 nitrogen and oxygen atoms in total. The first-order valence-corrected chi connectivity index (χ1v) is 16.1. The minimum Gasteiger partial charge on any atom is -0.302 e. The molecular formula is C25H36N2O2SSi. The number of benzene rings is 2. The molecule has 1 unspecified atom stereocenters. The van der Waals surface area contributed by atoms with E-state index in [0.717, 1.165) is 25.1 Å². The third kappa shape index (κ3) is 6.62. The smallest absolute Gasteiger partial charge is 0.243 e. The van der Waals surface area contributed by atoms with Gasteiger partial charge < -0.3 is 4.90 Å². The highest BCUT2D eigenvalue weighted by Gasteiger charge is 2.36. The lowest BCUT2D eigenvalue weighted by Crippen LogP contribution is -2.29. The quantitative estimate of drug-likeness (QED) is 0.528. The number of sulfonamides is 1. The summed E-state index contributed by atoms with van der Waals surface area (Å²) in [5.74, 6) is 0.283. The van der Waals surface area contributed by atoms with Crippen molar-refractivity contribution in [1.82, 2.24) is 9.21 Å². The third-order valence-corrected chi connectivity index (χ3v) is 8.80. The fourth-order valence-electron chi connectivity index (χ4n) is 4.15. The molecule has 31 heavy (non-hydrogen) atoms. The summed E-state index contributed by atoms with van der Waals surface area (Å²) >= 11 is 0. The van der Waals surface area contributed by atoms with E-state index in [1.165, 1.54) is 11.1 Å². The molecule has 2 aromatic rings. The fraction of sp³-hybridized carbons (Fsp3) is 0.440. The Morgan fingerprint density at radius 1 is 1.06 bits per heavy atom. The zero-order chi connectivity index (χ0) is 22.6. The predicted molar refractivity (Wildman–Crippen MR) is 132 cm³/mol. The topological polar surface area (TPSA) is 40.6 Å². The fourth-order valence-corrected chi connectivity index (χ4v) is 7.06. The zero-order valence-corrected chi connectivity index (χ0v) is 21.3. The standard InChI is InChI=1S/C25H36N2O2SSi/c1-21-11-13-25(14-12-21)30(28,29)27-18-23(24(19-27)20-31(3,4)5)15-16-26(2)17-22-9-7-6-8-10-22/h6-14,20,23H,15-19H2,1-5H3/b24-20+. The van der Waals surface area contributed by atoms with Crippen LogP contribution >= 0.6 is 0 Å². The van der Waals surface area contributed by atoms with Crippen LogP contribution in [0.3, 0.4) is 0 Å². The van der Waals surface area contributed by atoms with Crippen LogP contribution in [-0.4, -0.2) is 52.4 Å². The lowest BCUT2D eigenvalue weighted by atomic mass is 10.0. The molecule has 0 spiro atoms. The van der Waals surface area contributed by atoms with Gasteiger partial charge in [0.05, 0.1) is 13.0 Å². The summed E-state index contributed by atoms with van der Waals surface area (Å²) in [4.78, 5) is 2.73. The van der Waals surface area contributed by atoms with Gasteiger partial charge in [0.1, 0.15) is 0 Å². The van der Waals surface area contributed by atoms with Gasteiger partial charge >= 0.3 is 0 Å². The number of hydrogen-bond acceptors (Lipinski definition) is 3. The van der Waals surface area contributed by atoms with Crippen molar-refractivity contribution in [2.75, 3.05) is 26.7 Å². The average molecular weight is 457 g/mol. The molecule has 1 aliphatic heterocycles. The molecule has 2 aromatic carbocycles. The molecular weight excluding hydrogens is 420 g/mol. The van der Waals surface area contributed by atoms with E-state index in [-0.39, 0.29) is 5.92 Å². The molecule has 6 heteroatoms. The Morgan fingerprint density at radius 2 is 1.71 bits per heavy atom. The van der Waals surface area contributed by atoms with E-state index >= 15 is 0 Å². The second-order valence-corrected chi connectivity index (χ2v) is 16.9. The van der Waals surface area contributed by atoms with Gasteiger partial charge in [-0.1, -0.05) is 78.9 Å². The van der Waals surface area contributed by atoms with E-state index in [1.807, 2.05) is 25.1 Å². The van der Waals surface area contributed by atoms with Crippen LogP contribution in [-0.2, 0) is 16.6 Å². The van der Waals surface area contributed by atoms with Crippen LogP contribution in [0.15, 0.2) is 70.8 Å². The second kappa shape index (κ2) is 9.82. The summed E-state index contributed by atoms with van der Waals surface area (Å²) in [6.07, 6.45) is 0.972. The Bertz CT molecular complexity index is 996. The molecule has 168 valence electrons. The van der Waals surface area contributed by atoms with Crippen molar-refractivity contribution in [3.63, 3.8) is 0 Å². The molecule has 0 N–H and O–H groups in total. The van der Waals surface area contributed by atoms with Crippen LogP contribution in [0.5, 0.6) is 0 Å². The number of aryl methyl sites for hydroxylation is 1. The van der Waals surface area contributed by atoms with E-state index in [1.54, 1.807) is 16.4 Å². The highest BCUT2D eigenvalue weighted by Crippen LogP contribution is 2.32. The van der Waals surface area contributed by atoms with Gasteiger partial charge in [0.2, 0.25) is 10.0 Å². The van der Waals surface area contributed by atoms with Gasteiger partial charge in [-0.2, -0.15) is 4.31 Å². The maximum atomic E-state index is 13.3. The lowest BCUT2D eigenvalue weighted by Gasteiger charge is -2.21. The van der Waals surface area contributed by atoms with Crippen molar-refractivity contribution < 1.29 is 8.42 Å². The summed E-state index contributed by atoms with van der Waals surface area (Å²) in [6, 6.07) is 17.7. The Morgan fingerprint density at radius 3 is 2.32 bits per heavy atom. The molecule has 0 saturated carbocycles. The van der Waals surface area contributed by atoms with Gasteiger partial charge in [-0.25, -0.2) is 8.42 Å². The van der Waals surface area contributed by atoms with Gasteiger partial charge in [-0.15, -0.1) is 0 Å². The number of rotatable bonds is 8. The van der Waals surface area contributed by atoms with Crippen LogP contribution in [0.2, 0.25) is 19.6 Å². The molecule has 0 amide bonds. The first-order valence-electron chi connectivity index (χ1n) is 11.1. The molecule has 1 fully saturated rings. The Labute approximate surface area is 189 Å². The third-order valence-electron chi connectivity index (χ3n) is 5.74. The minimum atomic E-state index is -3.47. The summed E-state index contributed by atoms with van der Waals surface area (Å²) in [5, 5.41) is 0. The normalized spacial score (nSPS) is 19.4. The zero-order valence-electron chi connectivity index (χ0n) is 19.5. The van der Waals surface area contributed by atoms with Gasteiger partial charge in [-0.05, 0) is 50.6 Å². The van der Waals surface area contributed by atoms with Crippen LogP contribution in [0.4, 0.5) is 0 Å². The maximum absolute atomic E-state index is 13.3. The van der Waals surface area contributed by atoms with E-state index in [4.69, 9.17) is 0 Å². The summed E-state index contributed by atoms with van der Waals surface area (Å²) in [6.45, 7) is 11.9. The highest BCUT2D eigenvalue weighted by atomic mass is 32.2. The van der Waals surface area contributed by atoms with Gasteiger partial charge in [0, 0.05) is 19.6 Å². The van der Waals surface area contributed by atoms with E-state index in [2.05, 4.69) is 61.6 Å². The second-order valence-electron chi connectivity index (χ2n) is 9.90. The molecule has 0 bridgehead atoms. The van der Waals surface area contributed by atoms with E-state index in [9.17, 15) is 8.42 Å². The SMILES string of the molecule is Cc1ccc(S(=O)(=O)N2C/C(=C\[Si](C)(C)C)C(CCN(C)Cc3ccccc3)C2)cc1. The Kier molecular flexibility index (Phi) is 7.58. The highest BCUT2D eigenvalue weighted by molar-refractivity contribution is 7.89. The lowest BCUT2D eigenvalue weighted by molar-refractivity contribution is 0.302. The van der Waals surface area contributed by atoms with Crippen molar-refractivity contribution >= 4 is 18.1 Å². The molecule has 1 heterocycles. The predicted octanol–water partition coefficient (Wildman–Crippen LogP) is 4.94. The van der Waals surface area contributed by atoms with Crippen molar-refractivity contribution in [2.24, 2.45) is 5.92 Å². The minimum absolute atomic E-state index is 0.283. The first-order chi connectivity index (χ1) is 14.5. The average Bonchev–Trinajstić information content (AvgIpc) is 3.09. The molecule has 1 aliphatic rings. The molecule has 0 aliphatic carbocycles. The van der Waals surface area contributed by atoms with Gasteiger partial charge in [0.25, 0.3) is 0 Å². The molecule has 0 radical (unpaired) electrons. The summed E-state index contributed by atoms with van der Waals surface area (Å²) in [7, 11) is -2.78. The Hall–Kier alpha value is -1.73. The van der Waals surface area contributed by atoms with Crippen molar-refractivity contribution in [3.05, 3.63) is 77.0 Å². The first kappa shape index (κ1) is 23.9. The maximum Gasteiger partial charge on any atom is 0.243 e. The number of hydrogen-bond donors (Lipinski definition) is 0. The molecule has 0 aromatic heterocycles. The summed E-state index contributed by atoms with van der Waals surface area (Å²) < 4.78 is 28.2. The van der Waals surface area contributed by atoms with Crippen LogP contribution in [0.1, 0.15) is 17.5 Å². The van der Waals surface area contributed by atoms with Crippen molar-refractivity contribution in [2.45, 2.75) is 44.4 Å². The monoisotopic (exact) mass is 456 g/mol. The van der Waals surface area contributed by atoms with Gasteiger partial charge in [-0.3, -0.25) is 0 Å². The van der Waals surface area contributed by atoms with Crippen LogP contribution in [0, 0.1) is 12.8 Å². The molecule has 3 rings (SSSR count). The van der Waals surface area contributed by atoms with Gasteiger partial charge in [0.15, 0.2) is 0 Å². The van der Waals surface area contributed by atoms with Crippen molar-refractivity contribution in [1.29, 1.82) is 0 Å². The molecule has 1 atom stereocenters. The summed E-state index contributed by atoms with van der Waals surface area (Å²) in [5.41, 5.74) is 6.10. The van der Waals surface area contributed by atoms with Crippen molar-refractivity contribution in [3.8, 4) is 0 Å². The number of nitrogens with zero attached hydrogens (tertiary/aromatic N) is 2. The van der Waals surface area contributed by atoms with Crippen LogP contribution < -0.4 is 0 Å². The van der Waals surface area contributed by atoms with Crippen LogP contribution in [0.25, 0.3) is 0 Å². The van der Waals surface area contributed by atoms with E-state index < -0.39 is 18.1 Å². The molecule has 1 saturated heterocycles. The Balaban J connectivity index is 1.73. The van der Waals surface area contributed by atoms with E-state index in [0.29, 0.717) is 18.0 Å².